The Morgan fingerprint density at radius 1 is 1.37 bits per heavy atom. The van der Waals surface area contributed by atoms with Crippen LogP contribution in [0.2, 0.25) is 0 Å². The average Bonchev–Trinajstić information content (AvgIpc) is 2.41. The van der Waals surface area contributed by atoms with E-state index in [1.165, 1.54) is 0 Å². The Bertz CT molecular complexity index is 396. The summed E-state index contributed by atoms with van der Waals surface area (Å²) >= 11 is 0. The van der Waals surface area contributed by atoms with E-state index in [9.17, 15) is 4.79 Å². The van der Waals surface area contributed by atoms with Gasteiger partial charge in [0.15, 0.2) is 6.61 Å². The molecule has 1 amide bonds. The van der Waals surface area contributed by atoms with Crippen LogP contribution in [0.25, 0.3) is 0 Å². The molecular weight excluding hydrogens is 244 g/mol. The third kappa shape index (κ3) is 6.10. The summed E-state index contributed by atoms with van der Waals surface area (Å²) in [5.74, 6) is 0.536. The number of ether oxygens (including phenoxy) is 1. The zero-order valence-electron chi connectivity index (χ0n) is 11.3. The standard InChI is InChI=1S/C14H22N2O3/c1-16(8-3-2-4-9-17)14(18)11-19-13-7-5-6-12(15)10-13/h5-7,10,17H,2-4,8-9,11,15H2,1H3. The Morgan fingerprint density at radius 2 is 2.16 bits per heavy atom. The van der Waals surface area contributed by atoms with Crippen molar-refractivity contribution in [3.05, 3.63) is 24.3 Å². The van der Waals surface area contributed by atoms with E-state index in [1.807, 2.05) is 0 Å². The topological polar surface area (TPSA) is 75.8 Å². The number of carbonyl (C=O) groups excluding carboxylic acids is 1. The molecule has 0 fully saturated rings. The lowest BCUT2D eigenvalue weighted by molar-refractivity contribution is -0.132. The highest BCUT2D eigenvalue weighted by molar-refractivity contribution is 5.77. The molecule has 19 heavy (non-hydrogen) atoms. The van der Waals surface area contributed by atoms with Gasteiger partial charge in [-0.2, -0.15) is 0 Å². The SMILES string of the molecule is CN(CCCCCO)C(=O)COc1cccc(N)c1. The minimum absolute atomic E-state index is 0.0138. The van der Waals surface area contributed by atoms with Crippen LogP contribution in [0.1, 0.15) is 19.3 Å². The van der Waals surface area contributed by atoms with E-state index < -0.39 is 0 Å². The van der Waals surface area contributed by atoms with Crippen LogP contribution in [0.4, 0.5) is 5.69 Å². The molecule has 0 atom stereocenters. The molecule has 106 valence electrons. The van der Waals surface area contributed by atoms with Crippen molar-refractivity contribution in [3.8, 4) is 5.75 Å². The van der Waals surface area contributed by atoms with Gasteiger partial charge in [0.1, 0.15) is 5.75 Å². The first kappa shape index (κ1) is 15.3. The number of rotatable bonds is 8. The van der Waals surface area contributed by atoms with Crippen molar-refractivity contribution in [1.82, 2.24) is 4.90 Å². The van der Waals surface area contributed by atoms with Crippen molar-refractivity contribution in [2.75, 3.05) is 32.5 Å². The molecule has 0 spiro atoms. The molecule has 0 aliphatic heterocycles. The number of aliphatic hydroxyl groups is 1. The Hall–Kier alpha value is -1.75. The molecule has 1 rings (SSSR count). The van der Waals surface area contributed by atoms with Crippen LogP contribution in [0.5, 0.6) is 5.75 Å². The maximum absolute atomic E-state index is 11.8. The minimum Gasteiger partial charge on any atom is -0.484 e. The number of anilines is 1. The van der Waals surface area contributed by atoms with Crippen LogP contribution >= 0.6 is 0 Å². The number of carbonyl (C=O) groups is 1. The van der Waals surface area contributed by atoms with Crippen molar-refractivity contribution in [2.24, 2.45) is 0 Å². The van der Waals surface area contributed by atoms with Gasteiger partial charge in [0.2, 0.25) is 0 Å². The Morgan fingerprint density at radius 3 is 2.84 bits per heavy atom. The Balaban J connectivity index is 2.26. The number of unbranched alkanes of at least 4 members (excludes halogenated alkanes) is 2. The summed E-state index contributed by atoms with van der Waals surface area (Å²) in [6.07, 6.45) is 2.59. The van der Waals surface area contributed by atoms with Crippen molar-refractivity contribution in [3.63, 3.8) is 0 Å². The number of aliphatic hydroxyl groups excluding tert-OH is 1. The van der Waals surface area contributed by atoms with E-state index >= 15 is 0 Å². The second-order valence-electron chi connectivity index (χ2n) is 4.46. The van der Waals surface area contributed by atoms with Gasteiger partial charge in [-0.1, -0.05) is 6.07 Å². The number of nitrogens with two attached hydrogens (primary N) is 1. The van der Waals surface area contributed by atoms with Crippen molar-refractivity contribution in [2.45, 2.75) is 19.3 Å². The first-order valence-electron chi connectivity index (χ1n) is 6.46. The molecule has 0 bridgehead atoms. The highest BCUT2D eigenvalue weighted by Crippen LogP contribution is 2.14. The van der Waals surface area contributed by atoms with E-state index in [2.05, 4.69) is 0 Å². The largest absolute Gasteiger partial charge is 0.484 e. The normalized spacial score (nSPS) is 10.2. The van der Waals surface area contributed by atoms with Crippen LogP contribution < -0.4 is 10.5 Å². The molecule has 1 aromatic rings. The number of benzene rings is 1. The quantitative estimate of drug-likeness (QED) is 0.549. The molecule has 0 aliphatic carbocycles. The highest BCUT2D eigenvalue weighted by atomic mass is 16.5. The third-order valence-electron chi connectivity index (χ3n) is 2.80. The molecule has 5 heteroatoms. The van der Waals surface area contributed by atoms with Gasteiger partial charge in [-0.05, 0) is 31.4 Å². The number of hydrogen-bond donors (Lipinski definition) is 2. The molecular formula is C14H22N2O3. The summed E-state index contributed by atoms with van der Waals surface area (Å²) in [7, 11) is 1.75. The summed E-state index contributed by atoms with van der Waals surface area (Å²) < 4.78 is 5.39. The smallest absolute Gasteiger partial charge is 0.260 e. The van der Waals surface area contributed by atoms with Crippen molar-refractivity contribution >= 4 is 11.6 Å². The fraction of sp³-hybridized carbons (Fsp3) is 0.500. The molecule has 0 radical (unpaired) electrons. The molecule has 0 saturated heterocycles. The van der Waals surface area contributed by atoms with Gasteiger partial charge in [0, 0.05) is 32.0 Å². The molecule has 0 heterocycles. The fourth-order valence-electron chi connectivity index (χ4n) is 1.62. The molecule has 0 saturated carbocycles. The van der Waals surface area contributed by atoms with E-state index in [1.54, 1.807) is 36.2 Å². The van der Waals surface area contributed by atoms with E-state index in [4.69, 9.17) is 15.6 Å². The second kappa shape index (κ2) is 8.37. The third-order valence-corrected chi connectivity index (χ3v) is 2.80. The van der Waals surface area contributed by atoms with Gasteiger partial charge >= 0.3 is 0 Å². The van der Waals surface area contributed by atoms with Crippen LogP contribution in [-0.4, -0.2) is 42.7 Å². The molecule has 5 nitrogen and oxygen atoms in total. The lowest BCUT2D eigenvalue weighted by atomic mass is 10.2. The van der Waals surface area contributed by atoms with Gasteiger partial charge in [-0.15, -0.1) is 0 Å². The zero-order valence-corrected chi connectivity index (χ0v) is 11.3. The first-order chi connectivity index (χ1) is 9.13. The summed E-state index contributed by atoms with van der Waals surface area (Å²) in [4.78, 5) is 13.4. The Kier molecular flexibility index (Phi) is 6.74. The first-order valence-corrected chi connectivity index (χ1v) is 6.46. The highest BCUT2D eigenvalue weighted by Gasteiger charge is 2.09. The van der Waals surface area contributed by atoms with E-state index in [0.29, 0.717) is 18.0 Å². The average molecular weight is 266 g/mol. The van der Waals surface area contributed by atoms with Gasteiger partial charge in [0.25, 0.3) is 5.91 Å². The molecule has 3 N–H and O–H groups in total. The van der Waals surface area contributed by atoms with Gasteiger partial charge in [0.05, 0.1) is 0 Å². The molecule has 1 aromatic carbocycles. The van der Waals surface area contributed by atoms with Gasteiger partial charge < -0.3 is 20.5 Å². The number of hydrogen-bond acceptors (Lipinski definition) is 4. The van der Waals surface area contributed by atoms with Crippen LogP contribution in [0, 0.1) is 0 Å². The van der Waals surface area contributed by atoms with E-state index in [0.717, 1.165) is 19.3 Å². The fourth-order valence-corrected chi connectivity index (χ4v) is 1.62. The number of nitrogen functional groups attached to an aromatic ring is 1. The number of likely N-dealkylation sites (N-methyl/N-ethyl adjacent to an activating group) is 1. The van der Waals surface area contributed by atoms with Crippen LogP contribution in [0.15, 0.2) is 24.3 Å². The lowest BCUT2D eigenvalue weighted by Gasteiger charge is -2.17. The second-order valence-corrected chi connectivity index (χ2v) is 4.46. The molecule has 0 aliphatic rings. The maximum Gasteiger partial charge on any atom is 0.260 e. The zero-order chi connectivity index (χ0) is 14.1. The minimum atomic E-state index is -0.0635. The Labute approximate surface area is 114 Å². The predicted molar refractivity (Wildman–Crippen MR) is 74.9 cm³/mol. The van der Waals surface area contributed by atoms with Crippen molar-refractivity contribution in [1.29, 1.82) is 0 Å². The maximum atomic E-state index is 11.8. The van der Waals surface area contributed by atoms with Crippen molar-refractivity contribution < 1.29 is 14.6 Å². The van der Waals surface area contributed by atoms with E-state index in [-0.39, 0.29) is 19.1 Å². The summed E-state index contributed by atoms with van der Waals surface area (Å²) in [6, 6.07) is 7.01. The lowest BCUT2D eigenvalue weighted by Crippen LogP contribution is -2.32. The van der Waals surface area contributed by atoms with Gasteiger partial charge in [-0.3, -0.25) is 4.79 Å². The van der Waals surface area contributed by atoms with Crippen LogP contribution in [-0.2, 0) is 4.79 Å². The summed E-state index contributed by atoms with van der Waals surface area (Å²) in [6.45, 7) is 0.898. The number of amides is 1. The van der Waals surface area contributed by atoms with Gasteiger partial charge in [-0.25, -0.2) is 0 Å². The summed E-state index contributed by atoms with van der Waals surface area (Å²) in [5, 5.41) is 8.66. The summed E-state index contributed by atoms with van der Waals surface area (Å²) in [5.41, 5.74) is 6.24. The molecule has 0 aromatic heterocycles. The van der Waals surface area contributed by atoms with Crippen LogP contribution in [0.3, 0.4) is 0 Å². The predicted octanol–water partition coefficient (Wildman–Crippen LogP) is 1.27. The molecule has 0 unspecified atom stereocenters. The monoisotopic (exact) mass is 266 g/mol. The number of nitrogens with zero attached hydrogens (tertiary/aromatic N) is 1.